The molecule has 40 heavy (non-hydrogen) atoms. The van der Waals surface area contributed by atoms with Gasteiger partial charge in [0, 0.05) is 13.0 Å². The first kappa shape index (κ1) is 38.6. The van der Waals surface area contributed by atoms with Gasteiger partial charge >= 0.3 is 5.97 Å². The van der Waals surface area contributed by atoms with Crippen molar-refractivity contribution in [2.75, 3.05) is 19.8 Å². The summed E-state index contributed by atoms with van der Waals surface area (Å²) in [4.78, 5) is 12.1. The molecule has 0 heterocycles. The summed E-state index contributed by atoms with van der Waals surface area (Å²) < 4.78 is 11.1. The molecule has 4 nitrogen and oxygen atoms in total. The Morgan fingerprint density at radius 1 is 0.600 bits per heavy atom. The number of carbonyl (C=O) groups is 1. The molecule has 234 valence electrons. The van der Waals surface area contributed by atoms with E-state index in [0.29, 0.717) is 13.0 Å². The fourth-order valence-corrected chi connectivity index (χ4v) is 4.59. The quantitative estimate of drug-likeness (QED) is 0.0518. The smallest absolute Gasteiger partial charge is 0.306 e. The maximum absolute atomic E-state index is 12.1. The van der Waals surface area contributed by atoms with E-state index in [0.717, 1.165) is 25.7 Å². The molecule has 0 aromatic heterocycles. The third kappa shape index (κ3) is 31.1. The molecule has 0 bridgehead atoms. The van der Waals surface area contributed by atoms with Crippen LogP contribution in [0.3, 0.4) is 0 Å². The Balaban J connectivity index is 3.48. The SMILES string of the molecule is CCC/C=C\CCCCCCCCOCC(CO)OC(=O)CCCCCCCCC/C=C\C/C=C\CCCCC. The topological polar surface area (TPSA) is 55.8 Å². The summed E-state index contributed by atoms with van der Waals surface area (Å²) in [5, 5.41) is 9.52. The highest BCUT2D eigenvalue weighted by Gasteiger charge is 2.13. The van der Waals surface area contributed by atoms with Gasteiger partial charge in [-0.2, -0.15) is 0 Å². The normalized spacial score (nSPS) is 12.8. The monoisotopic (exact) mass is 562 g/mol. The lowest BCUT2D eigenvalue weighted by Crippen LogP contribution is -2.27. The van der Waals surface area contributed by atoms with Crippen LogP contribution in [0, 0.1) is 0 Å². The van der Waals surface area contributed by atoms with E-state index in [4.69, 9.17) is 9.47 Å². The highest BCUT2D eigenvalue weighted by Crippen LogP contribution is 2.12. The standard InChI is InChI=1S/C36H66O4/c1-3-5-7-9-11-13-15-16-17-18-19-20-21-23-25-27-29-31-36(38)40-35(33-37)34-39-32-30-28-26-24-22-14-12-10-8-6-4-2/h8,10-11,13,16-17,35,37H,3-7,9,12,14-15,18-34H2,1-2H3/b10-8-,13-11-,17-16-. The Hall–Kier alpha value is -1.39. The van der Waals surface area contributed by atoms with Crippen LogP contribution in [-0.2, 0) is 14.3 Å². The average molecular weight is 563 g/mol. The molecule has 1 atom stereocenters. The largest absolute Gasteiger partial charge is 0.457 e. The lowest BCUT2D eigenvalue weighted by Gasteiger charge is -2.15. The van der Waals surface area contributed by atoms with Crippen molar-refractivity contribution >= 4 is 5.97 Å². The van der Waals surface area contributed by atoms with Crippen LogP contribution < -0.4 is 0 Å². The molecule has 0 radical (unpaired) electrons. The van der Waals surface area contributed by atoms with Crippen molar-refractivity contribution in [2.45, 2.75) is 168 Å². The van der Waals surface area contributed by atoms with E-state index in [-0.39, 0.29) is 19.2 Å². The Labute approximate surface area is 249 Å². The second-order valence-corrected chi connectivity index (χ2v) is 11.2. The Kier molecular flexibility index (Phi) is 32.6. The molecule has 0 spiro atoms. The summed E-state index contributed by atoms with van der Waals surface area (Å²) in [7, 11) is 0. The van der Waals surface area contributed by atoms with E-state index in [1.165, 1.54) is 116 Å². The van der Waals surface area contributed by atoms with Crippen LogP contribution in [0.2, 0.25) is 0 Å². The number of ether oxygens (including phenoxy) is 2. The minimum Gasteiger partial charge on any atom is -0.457 e. The van der Waals surface area contributed by atoms with Crippen LogP contribution in [0.15, 0.2) is 36.5 Å². The Morgan fingerprint density at radius 3 is 1.68 bits per heavy atom. The molecule has 0 aliphatic heterocycles. The molecule has 1 unspecified atom stereocenters. The summed E-state index contributed by atoms with van der Waals surface area (Å²) >= 11 is 0. The first-order valence-corrected chi connectivity index (χ1v) is 17.1. The number of aliphatic hydroxyl groups is 1. The van der Waals surface area contributed by atoms with Crippen molar-refractivity contribution in [3.8, 4) is 0 Å². The number of hydrogen-bond acceptors (Lipinski definition) is 4. The Morgan fingerprint density at radius 2 is 1.10 bits per heavy atom. The number of aliphatic hydroxyl groups excluding tert-OH is 1. The van der Waals surface area contributed by atoms with Gasteiger partial charge in [-0.25, -0.2) is 0 Å². The summed E-state index contributed by atoms with van der Waals surface area (Å²) in [6, 6.07) is 0. The lowest BCUT2D eigenvalue weighted by atomic mass is 10.1. The zero-order valence-electron chi connectivity index (χ0n) is 26.6. The van der Waals surface area contributed by atoms with Crippen LogP contribution in [-0.4, -0.2) is 37.0 Å². The lowest BCUT2D eigenvalue weighted by molar-refractivity contribution is -0.154. The van der Waals surface area contributed by atoms with Crippen molar-refractivity contribution in [1.29, 1.82) is 0 Å². The van der Waals surface area contributed by atoms with Crippen LogP contribution >= 0.6 is 0 Å². The zero-order valence-corrected chi connectivity index (χ0v) is 26.6. The van der Waals surface area contributed by atoms with Crippen molar-refractivity contribution < 1.29 is 19.4 Å². The van der Waals surface area contributed by atoms with Crippen LogP contribution in [0.1, 0.15) is 162 Å². The van der Waals surface area contributed by atoms with Gasteiger partial charge in [0.25, 0.3) is 0 Å². The fraction of sp³-hybridized carbons (Fsp3) is 0.806. The molecule has 1 N–H and O–H groups in total. The van der Waals surface area contributed by atoms with E-state index in [1.54, 1.807) is 0 Å². The molecule has 0 saturated heterocycles. The first-order chi connectivity index (χ1) is 19.7. The van der Waals surface area contributed by atoms with Gasteiger partial charge in [0.2, 0.25) is 0 Å². The third-order valence-electron chi connectivity index (χ3n) is 7.17. The molecule has 0 rings (SSSR count). The van der Waals surface area contributed by atoms with Crippen LogP contribution in [0.5, 0.6) is 0 Å². The van der Waals surface area contributed by atoms with Gasteiger partial charge in [-0.05, 0) is 64.2 Å². The summed E-state index contributed by atoms with van der Waals surface area (Å²) in [5.74, 6) is -0.213. The van der Waals surface area contributed by atoms with Gasteiger partial charge in [-0.15, -0.1) is 0 Å². The number of unbranched alkanes of at least 4 members (excludes halogenated alkanes) is 17. The van der Waals surface area contributed by atoms with Crippen molar-refractivity contribution in [1.82, 2.24) is 0 Å². The zero-order chi connectivity index (χ0) is 29.2. The molecule has 0 saturated carbocycles. The van der Waals surface area contributed by atoms with Gasteiger partial charge in [0.15, 0.2) is 0 Å². The van der Waals surface area contributed by atoms with Gasteiger partial charge in [0.1, 0.15) is 6.10 Å². The van der Waals surface area contributed by atoms with Gasteiger partial charge < -0.3 is 14.6 Å². The van der Waals surface area contributed by atoms with Crippen LogP contribution in [0.25, 0.3) is 0 Å². The maximum atomic E-state index is 12.1. The molecule has 0 fully saturated rings. The molecule has 4 heteroatoms. The number of hydrogen-bond donors (Lipinski definition) is 1. The highest BCUT2D eigenvalue weighted by atomic mass is 16.6. The number of carbonyl (C=O) groups excluding carboxylic acids is 1. The minimum atomic E-state index is -0.538. The number of esters is 1. The molecular weight excluding hydrogens is 496 g/mol. The molecule has 0 aromatic rings. The third-order valence-corrected chi connectivity index (χ3v) is 7.17. The van der Waals surface area contributed by atoms with Gasteiger partial charge in [-0.3, -0.25) is 4.79 Å². The van der Waals surface area contributed by atoms with E-state index in [1.807, 2.05) is 0 Å². The number of allylic oxidation sites excluding steroid dienone is 6. The molecule has 0 aliphatic carbocycles. The van der Waals surface area contributed by atoms with E-state index < -0.39 is 6.10 Å². The highest BCUT2D eigenvalue weighted by molar-refractivity contribution is 5.69. The summed E-state index contributed by atoms with van der Waals surface area (Å²) in [6.45, 7) is 5.24. The van der Waals surface area contributed by atoms with Crippen molar-refractivity contribution in [2.24, 2.45) is 0 Å². The minimum absolute atomic E-state index is 0.177. The molecule has 0 aromatic carbocycles. The summed E-state index contributed by atoms with van der Waals surface area (Å²) in [5.41, 5.74) is 0. The fourth-order valence-electron chi connectivity index (χ4n) is 4.59. The van der Waals surface area contributed by atoms with Gasteiger partial charge in [0.05, 0.1) is 13.2 Å². The van der Waals surface area contributed by atoms with Crippen molar-refractivity contribution in [3.63, 3.8) is 0 Å². The van der Waals surface area contributed by atoms with E-state index in [2.05, 4.69) is 50.3 Å². The van der Waals surface area contributed by atoms with E-state index in [9.17, 15) is 9.90 Å². The number of rotatable bonds is 31. The first-order valence-electron chi connectivity index (χ1n) is 17.1. The second-order valence-electron chi connectivity index (χ2n) is 11.2. The maximum Gasteiger partial charge on any atom is 0.306 e. The van der Waals surface area contributed by atoms with Gasteiger partial charge in [-0.1, -0.05) is 127 Å². The summed E-state index contributed by atoms with van der Waals surface area (Å²) in [6.07, 6.45) is 40.3. The predicted octanol–water partition coefficient (Wildman–Crippen LogP) is 10.6. The molecule has 0 aliphatic rings. The van der Waals surface area contributed by atoms with Crippen molar-refractivity contribution in [3.05, 3.63) is 36.5 Å². The van der Waals surface area contributed by atoms with Crippen LogP contribution in [0.4, 0.5) is 0 Å². The second kappa shape index (κ2) is 33.8. The Bertz CT molecular complexity index is 596. The average Bonchev–Trinajstić information content (AvgIpc) is 2.96. The molecular formula is C36H66O4. The molecule has 0 amide bonds. The van der Waals surface area contributed by atoms with E-state index >= 15 is 0 Å². The predicted molar refractivity (Wildman–Crippen MR) is 173 cm³/mol.